The molecule has 2 unspecified atom stereocenters. The fourth-order valence-electron chi connectivity index (χ4n) is 3.08. The molecular weight excluding hydrogens is 270 g/mol. The first-order valence-corrected chi connectivity index (χ1v) is 8.01. The van der Waals surface area contributed by atoms with Crippen molar-refractivity contribution >= 4 is 11.8 Å². The highest BCUT2D eigenvalue weighted by Crippen LogP contribution is 2.30. The fourth-order valence-corrected chi connectivity index (χ4v) is 3.08. The summed E-state index contributed by atoms with van der Waals surface area (Å²) in [4.78, 5) is 0. The lowest BCUT2D eigenvalue weighted by molar-refractivity contribution is 0.206. The topological polar surface area (TPSA) is 35.2 Å². The fraction of sp³-hybridized carbons (Fsp3) is 0.300. The minimum Gasteiger partial charge on any atom is -0.493 e. The standard InChI is InChI=1S/C20H23NO/c1-2-15-14-22-20-10-6-4-7-16(20)11-12-17(15)13-18-8-3-5-9-19(18)21/h3-12,15,17H,2,13-14,21H2,1H3. The zero-order valence-electron chi connectivity index (χ0n) is 13.0. The first kappa shape index (κ1) is 14.7. The lowest BCUT2D eigenvalue weighted by Gasteiger charge is -2.27. The van der Waals surface area contributed by atoms with Gasteiger partial charge in [0.25, 0.3) is 0 Å². The maximum atomic E-state index is 6.12. The van der Waals surface area contributed by atoms with Gasteiger partial charge in [0, 0.05) is 11.3 Å². The molecule has 2 aromatic carbocycles. The summed E-state index contributed by atoms with van der Waals surface area (Å²) in [6, 6.07) is 16.4. The van der Waals surface area contributed by atoms with E-state index < -0.39 is 0 Å². The van der Waals surface area contributed by atoms with Crippen molar-refractivity contribution in [1.82, 2.24) is 0 Å². The van der Waals surface area contributed by atoms with Crippen LogP contribution in [0.15, 0.2) is 54.6 Å². The molecule has 0 saturated heterocycles. The molecule has 2 nitrogen and oxygen atoms in total. The third-order valence-corrected chi connectivity index (χ3v) is 4.54. The summed E-state index contributed by atoms with van der Waals surface area (Å²) in [7, 11) is 0. The van der Waals surface area contributed by atoms with Crippen molar-refractivity contribution in [2.24, 2.45) is 11.8 Å². The largest absolute Gasteiger partial charge is 0.493 e. The Morgan fingerprint density at radius 1 is 1.09 bits per heavy atom. The van der Waals surface area contributed by atoms with Crippen LogP contribution in [0.4, 0.5) is 5.69 Å². The molecule has 0 aliphatic carbocycles. The maximum absolute atomic E-state index is 6.12. The second kappa shape index (κ2) is 6.69. The van der Waals surface area contributed by atoms with Gasteiger partial charge < -0.3 is 10.5 Å². The van der Waals surface area contributed by atoms with Crippen LogP contribution in [0.3, 0.4) is 0 Å². The number of ether oxygens (including phenoxy) is 1. The maximum Gasteiger partial charge on any atom is 0.126 e. The molecule has 114 valence electrons. The van der Waals surface area contributed by atoms with Crippen LogP contribution in [0.2, 0.25) is 0 Å². The van der Waals surface area contributed by atoms with E-state index in [0.29, 0.717) is 11.8 Å². The molecule has 2 atom stereocenters. The minimum absolute atomic E-state index is 0.447. The van der Waals surface area contributed by atoms with E-state index >= 15 is 0 Å². The Labute approximate surface area is 132 Å². The van der Waals surface area contributed by atoms with Crippen LogP contribution in [0.5, 0.6) is 5.75 Å². The van der Waals surface area contributed by atoms with E-state index in [4.69, 9.17) is 10.5 Å². The smallest absolute Gasteiger partial charge is 0.126 e. The van der Waals surface area contributed by atoms with E-state index in [9.17, 15) is 0 Å². The van der Waals surface area contributed by atoms with Crippen LogP contribution < -0.4 is 10.5 Å². The van der Waals surface area contributed by atoms with Gasteiger partial charge >= 0.3 is 0 Å². The van der Waals surface area contributed by atoms with Gasteiger partial charge in [0.2, 0.25) is 0 Å². The van der Waals surface area contributed by atoms with E-state index in [1.165, 1.54) is 5.56 Å². The number of rotatable bonds is 3. The number of hydrogen-bond acceptors (Lipinski definition) is 2. The van der Waals surface area contributed by atoms with E-state index in [2.05, 4.69) is 43.3 Å². The highest BCUT2D eigenvalue weighted by Gasteiger charge is 2.21. The summed E-state index contributed by atoms with van der Waals surface area (Å²) in [6.07, 6.45) is 6.60. The molecule has 2 heteroatoms. The van der Waals surface area contributed by atoms with Gasteiger partial charge in [-0.1, -0.05) is 55.5 Å². The number of nitrogen functional groups attached to an aromatic ring is 1. The summed E-state index contributed by atoms with van der Waals surface area (Å²) in [5.41, 5.74) is 9.38. The average molecular weight is 293 g/mol. The van der Waals surface area contributed by atoms with Gasteiger partial charge in [0.05, 0.1) is 6.61 Å². The summed E-state index contributed by atoms with van der Waals surface area (Å²) >= 11 is 0. The number of benzene rings is 2. The van der Waals surface area contributed by atoms with Crippen molar-refractivity contribution in [2.45, 2.75) is 19.8 Å². The molecule has 2 N–H and O–H groups in total. The van der Waals surface area contributed by atoms with Gasteiger partial charge in [0.15, 0.2) is 0 Å². The highest BCUT2D eigenvalue weighted by molar-refractivity contribution is 5.58. The molecule has 3 rings (SSSR count). The van der Waals surface area contributed by atoms with Crippen LogP contribution in [0.25, 0.3) is 6.08 Å². The normalized spacial score (nSPS) is 20.6. The van der Waals surface area contributed by atoms with Crippen molar-refractivity contribution in [3.8, 4) is 5.75 Å². The molecule has 0 aromatic heterocycles. The molecule has 22 heavy (non-hydrogen) atoms. The first-order chi connectivity index (χ1) is 10.8. The molecular formula is C20H23NO. The van der Waals surface area contributed by atoms with Gasteiger partial charge in [0.1, 0.15) is 5.75 Å². The molecule has 0 radical (unpaired) electrons. The number of hydrogen-bond donors (Lipinski definition) is 1. The summed E-state index contributed by atoms with van der Waals surface area (Å²) < 4.78 is 6.05. The Hall–Kier alpha value is -2.22. The Balaban J connectivity index is 1.88. The zero-order valence-corrected chi connectivity index (χ0v) is 13.0. The third kappa shape index (κ3) is 3.16. The average Bonchev–Trinajstić information content (AvgIpc) is 2.53. The summed E-state index contributed by atoms with van der Waals surface area (Å²) in [5, 5.41) is 0. The summed E-state index contributed by atoms with van der Waals surface area (Å²) in [6.45, 7) is 2.99. The molecule has 0 fully saturated rings. The minimum atomic E-state index is 0.447. The van der Waals surface area contributed by atoms with E-state index in [1.54, 1.807) is 0 Å². The third-order valence-electron chi connectivity index (χ3n) is 4.54. The van der Waals surface area contributed by atoms with Gasteiger partial charge in [-0.25, -0.2) is 0 Å². The number of anilines is 1. The number of fused-ring (bicyclic) bond motifs is 1. The second-order valence-corrected chi connectivity index (χ2v) is 5.94. The Kier molecular flexibility index (Phi) is 4.47. The monoisotopic (exact) mass is 293 g/mol. The molecule has 0 spiro atoms. The van der Waals surface area contributed by atoms with E-state index in [1.807, 2.05) is 24.3 Å². The van der Waals surface area contributed by atoms with Crippen molar-refractivity contribution in [1.29, 1.82) is 0 Å². The van der Waals surface area contributed by atoms with E-state index in [0.717, 1.165) is 36.4 Å². The van der Waals surface area contributed by atoms with Crippen LogP contribution in [0, 0.1) is 11.8 Å². The van der Waals surface area contributed by atoms with Crippen molar-refractivity contribution in [3.63, 3.8) is 0 Å². The lowest BCUT2D eigenvalue weighted by Crippen LogP contribution is -2.23. The number of allylic oxidation sites excluding steroid dienone is 1. The number of nitrogens with two attached hydrogens (primary N) is 1. The van der Waals surface area contributed by atoms with E-state index in [-0.39, 0.29) is 0 Å². The molecule has 0 saturated carbocycles. The molecule has 1 aliphatic heterocycles. The Morgan fingerprint density at radius 3 is 2.68 bits per heavy atom. The SMILES string of the molecule is CCC1COc2ccccc2C=CC1Cc1ccccc1N. The summed E-state index contributed by atoms with van der Waals surface area (Å²) in [5.74, 6) is 1.93. The Bertz CT molecular complexity index is 662. The molecule has 2 aromatic rings. The van der Waals surface area contributed by atoms with Crippen molar-refractivity contribution in [3.05, 3.63) is 65.7 Å². The molecule has 0 amide bonds. The van der Waals surface area contributed by atoms with Crippen LogP contribution in [0.1, 0.15) is 24.5 Å². The predicted octanol–water partition coefficient (Wildman–Crippen LogP) is 4.56. The molecule has 1 heterocycles. The zero-order chi connectivity index (χ0) is 15.4. The Morgan fingerprint density at radius 2 is 1.86 bits per heavy atom. The van der Waals surface area contributed by atoms with Crippen LogP contribution in [-0.4, -0.2) is 6.61 Å². The van der Waals surface area contributed by atoms with Crippen LogP contribution >= 0.6 is 0 Å². The lowest BCUT2D eigenvalue weighted by atomic mass is 9.84. The van der Waals surface area contributed by atoms with Gasteiger partial charge in [-0.3, -0.25) is 0 Å². The quantitative estimate of drug-likeness (QED) is 0.842. The van der Waals surface area contributed by atoms with Crippen molar-refractivity contribution in [2.75, 3.05) is 12.3 Å². The number of para-hydroxylation sites is 2. The van der Waals surface area contributed by atoms with Gasteiger partial charge in [-0.05, 0) is 42.4 Å². The van der Waals surface area contributed by atoms with Crippen molar-refractivity contribution < 1.29 is 4.74 Å². The predicted molar refractivity (Wildman–Crippen MR) is 92.8 cm³/mol. The molecule has 0 bridgehead atoms. The van der Waals surface area contributed by atoms with Gasteiger partial charge in [-0.15, -0.1) is 0 Å². The van der Waals surface area contributed by atoms with Gasteiger partial charge in [-0.2, -0.15) is 0 Å². The van der Waals surface area contributed by atoms with Crippen LogP contribution in [-0.2, 0) is 6.42 Å². The molecule has 1 aliphatic rings. The highest BCUT2D eigenvalue weighted by atomic mass is 16.5. The second-order valence-electron chi connectivity index (χ2n) is 5.94. The first-order valence-electron chi connectivity index (χ1n) is 8.01.